The third-order valence-corrected chi connectivity index (χ3v) is 3.68. The third-order valence-electron chi connectivity index (χ3n) is 3.17. The zero-order chi connectivity index (χ0) is 16.0. The fourth-order valence-corrected chi connectivity index (χ4v) is 2.31. The molecule has 5 nitrogen and oxygen atoms in total. The Hall–Kier alpha value is -0.880. The van der Waals surface area contributed by atoms with Crippen LogP contribution in [-0.4, -0.2) is 24.8 Å². The van der Waals surface area contributed by atoms with Gasteiger partial charge in [0.2, 0.25) is 5.91 Å². The first-order valence-electron chi connectivity index (χ1n) is 7.85. The third kappa shape index (κ3) is 17.1. The first-order chi connectivity index (χ1) is 9.95. The Kier molecular flexibility index (Phi) is 12.3. The highest BCUT2D eigenvalue weighted by molar-refractivity contribution is 7.85. The first kappa shape index (κ1) is 20.1. The molecule has 0 fully saturated rings. The van der Waals surface area contributed by atoms with Crippen LogP contribution in [0.3, 0.4) is 0 Å². The van der Waals surface area contributed by atoms with Crippen LogP contribution >= 0.6 is 0 Å². The van der Waals surface area contributed by atoms with Crippen molar-refractivity contribution in [2.45, 2.75) is 71.1 Å². The van der Waals surface area contributed by atoms with Gasteiger partial charge in [-0.1, -0.05) is 64.4 Å². The maximum Gasteiger partial charge on any atom is 0.283 e. The lowest BCUT2D eigenvalue weighted by Gasteiger charge is -2.00. The molecule has 0 atom stereocenters. The average Bonchev–Trinajstić information content (AvgIpc) is 2.42. The van der Waals surface area contributed by atoms with E-state index in [0.29, 0.717) is 0 Å². The molecule has 0 aliphatic rings. The van der Waals surface area contributed by atoms with Gasteiger partial charge in [0.15, 0.2) is 0 Å². The topological polar surface area (TPSA) is 83.5 Å². The van der Waals surface area contributed by atoms with Gasteiger partial charge < -0.3 is 5.32 Å². The van der Waals surface area contributed by atoms with Crippen molar-refractivity contribution >= 4 is 16.0 Å². The minimum Gasteiger partial charge on any atom is -0.336 e. The molecule has 0 spiro atoms. The molecule has 124 valence electrons. The van der Waals surface area contributed by atoms with Gasteiger partial charge in [0, 0.05) is 0 Å². The van der Waals surface area contributed by atoms with Crippen molar-refractivity contribution in [3.8, 4) is 0 Å². The van der Waals surface area contributed by atoms with Gasteiger partial charge in [-0.05, 0) is 18.9 Å². The van der Waals surface area contributed by atoms with E-state index in [1.54, 1.807) is 6.08 Å². The van der Waals surface area contributed by atoms with Crippen molar-refractivity contribution in [2.75, 3.05) is 5.88 Å². The molecule has 0 aromatic rings. The lowest BCUT2D eigenvalue weighted by molar-refractivity contribution is -0.116. The molecule has 0 aliphatic carbocycles. The summed E-state index contributed by atoms with van der Waals surface area (Å²) >= 11 is 0. The van der Waals surface area contributed by atoms with Gasteiger partial charge >= 0.3 is 0 Å². The number of nitrogens with one attached hydrogen (secondary N) is 1. The molecule has 0 aromatic heterocycles. The summed E-state index contributed by atoms with van der Waals surface area (Å²) in [6.45, 7) is 2.22. The molecular formula is C15H29NO4S. The largest absolute Gasteiger partial charge is 0.336 e. The average molecular weight is 319 g/mol. The highest BCUT2D eigenvalue weighted by Crippen LogP contribution is 2.10. The summed E-state index contributed by atoms with van der Waals surface area (Å²) in [5.74, 6) is -1.24. The van der Waals surface area contributed by atoms with Gasteiger partial charge in [0.1, 0.15) is 5.88 Å². The van der Waals surface area contributed by atoms with Crippen molar-refractivity contribution in [2.24, 2.45) is 0 Å². The highest BCUT2D eigenvalue weighted by atomic mass is 32.2. The van der Waals surface area contributed by atoms with Crippen LogP contribution in [-0.2, 0) is 14.9 Å². The van der Waals surface area contributed by atoms with Crippen LogP contribution in [0.1, 0.15) is 71.1 Å². The lowest BCUT2D eigenvalue weighted by atomic mass is 10.1. The molecular weight excluding hydrogens is 290 g/mol. The van der Waals surface area contributed by atoms with E-state index < -0.39 is 21.9 Å². The van der Waals surface area contributed by atoms with Gasteiger partial charge in [0.05, 0.1) is 0 Å². The number of amides is 1. The fourth-order valence-electron chi connectivity index (χ4n) is 1.98. The SMILES string of the molecule is CCCCCCCCCCCC=CC(=O)NCS(=O)(=O)O. The number of hydrogen-bond donors (Lipinski definition) is 2. The molecule has 1 amide bonds. The van der Waals surface area contributed by atoms with Gasteiger partial charge in [-0.25, -0.2) is 0 Å². The minimum atomic E-state index is -4.14. The Bertz CT molecular complexity index is 390. The van der Waals surface area contributed by atoms with E-state index >= 15 is 0 Å². The monoisotopic (exact) mass is 319 g/mol. The van der Waals surface area contributed by atoms with E-state index in [2.05, 4.69) is 12.2 Å². The van der Waals surface area contributed by atoms with Crippen molar-refractivity contribution in [3.05, 3.63) is 12.2 Å². The standard InChI is InChI=1S/C15H29NO4S/c1-2-3-4-5-6-7-8-9-10-11-12-13-15(17)16-14-21(18,19)20/h12-13H,2-11,14H2,1H3,(H,16,17)(H,18,19,20). The summed E-state index contributed by atoms with van der Waals surface area (Å²) in [5, 5.41) is 2.09. The molecule has 0 aromatic carbocycles. The molecule has 6 heteroatoms. The Balaban J connectivity index is 3.38. The van der Waals surface area contributed by atoms with E-state index in [1.807, 2.05) is 0 Å². The second-order valence-electron chi connectivity index (χ2n) is 5.29. The molecule has 0 unspecified atom stereocenters. The summed E-state index contributed by atoms with van der Waals surface area (Å²) < 4.78 is 29.3. The number of rotatable bonds is 13. The molecule has 0 radical (unpaired) electrons. The molecule has 0 bridgehead atoms. The van der Waals surface area contributed by atoms with Crippen molar-refractivity contribution in [1.29, 1.82) is 0 Å². The van der Waals surface area contributed by atoms with E-state index in [1.165, 1.54) is 51.0 Å². The number of unbranched alkanes of at least 4 members (excludes halogenated alkanes) is 9. The van der Waals surface area contributed by atoms with Crippen LogP contribution in [0.4, 0.5) is 0 Å². The van der Waals surface area contributed by atoms with E-state index in [4.69, 9.17) is 4.55 Å². The molecule has 21 heavy (non-hydrogen) atoms. The predicted octanol–water partition coefficient (Wildman–Crippen LogP) is 3.43. The zero-order valence-corrected chi connectivity index (χ0v) is 13.8. The van der Waals surface area contributed by atoms with Crippen LogP contribution in [0.15, 0.2) is 12.2 Å². The summed E-state index contributed by atoms with van der Waals surface area (Å²) in [7, 11) is -4.14. The van der Waals surface area contributed by atoms with Crippen molar-refractivity contribution in [3.63, 3.8) is 0 Å². The first-order valence-corrected chi connectivity index (χ1v) is 9.46. The van der Waals surface area contributed by atoms with Gasteiger partial charge in [-0.3, -0.25) is 9.35 Å². The number of hydrogen-bond acceptors (Lipinski definition) is 3. The van der Waals surface area contributed by atoms with E-state index in [0.717, 1.165) is 19.3 Å². The molecule has 0 rings (SSSR count). The van der Waals surface area contributed by atoms with Gasteiger partial charge in [-0.2, -0.15) is 8.42 Å². The number of carbonyl (C=O) groups excluding carboxylic acids is 1. The van der Waals surface area contributed by atoms with E-state index in [9.17, 15) is 13.2 Å². The molecule has 0 saturated heterocycles. The van der Waals surface area contributed by atoms with Gasteiger partial charge in [0.25, 0.3) is 10.1 Å². The van der Waals surface area contributed by atoms with Crippen LogP contribution in [0.25, 0.3) is 0 Å². The summed E-state index contributed by atoms with van der Waals surface area (Å²) in [5.41, 5.74) is 0. The highest BCUT2D eigenvalue weighted by Gasteiger charge is 2.04. The molecule has 0 saturated carbocycles. The summed E-state index contributed by atoms with van der Waals surface area (Å²) in [4.78, 5) is 11.2. The molecule has 2 N–H and O–H groups in total. The summed E-state index contributed by atoms with van der Waals surface area (Å²) in [6, 6.07) is 0. The quantitative estimate of drug-likeness (QED) is 0.309. The Morgan fingerprint density at radius 2 is 1.52 bits per heavy atom. The van der Waals surface area contributed by atoms with Crippen LogP contribution in [0, 0.1) is 0 Å². The van der Waals surface area contributed by atoms with Crippen molar-refractivity contribution in [1.82, 2.24) is 5.32 Å². The normalized spacial score (nSPS) is 11.9. The number of allylic oxidation sites excluding steroid dienone is 1. The number of carbonyl (C=O) groups is 1. The minimum absolute atomic E-state index is 0.497. The zero-order valence-electron chi connectivity index (χ0n) is 13.0. The second-order valence-corrected chi connectivity index (χ2v) is 6.74. The summed E-state index contributed by atoms with van der Waals surface area (Å²) in [6.07, 6.45) is 15.2. The van der Waals surface area contributed by atoms with Gasteiger partial charge in [-0.15, -0.1) is 0 Å². The Morgan fingerprint density at radius 3 is 2.05 bits per heavy atom. The Morgan fingerprint density at radius 1 is 1.00 bits per heavy atom. The molecule has 0 aliphatic heterocycles. The van der Waals surface area contributed by atoms with E-state index in [-0.39, 0.29) is 0 Å². The molecule has 0 heterocycles. The lowest BCUT2D eigenvalue weighted by Crippen LogP contribution is -2.27. The maximum absolute atomic E-state index is 11.2. The Labute approximate surface area is 128 Å². The predicted molar refractivity (Wildman–Crippen MR) is 85.5 cm³/mol. The van der Waals surface area contributed by atoms with Crippen LogP contribution < -0.4 is 5.32 Å². The van der Waals surface area contributed by atoms with Crippen LogP contribution in [0.5, 0.6) is 0 Å². The van der Waals surface area contributed by atoms with Crippen molar-refractivity contribution < 1.29 is 17.8 Å². The second kappa shape index (κ2) is 12.8. The van der Waals surface area contributed by atoms with Crippen LogP contribution in [0.2, 0.25) is 0 Å². The maximum atomic E-state index is 11.2. The fraction of sp³-hybridized carbons (Fsp3) is 0.800. The smallest absolute Gasteiger partial charge is 0.283 e.